The van der Waals surface area contributed by atoms with Crippen LogP contribution in [0.4, 0.5) is 0 Å². The molecule has 0 bridgehead atoms. The maximum atomic E-state index is 12.6. The Kier molecular flexibility index (Phi) is 6.55. The van der Waals surface area contributed by atoms with Gasteiger partial charge in [-0.3, -0.25) is 4.79 Å². The first-order valence-electron chi connectivity index (χ1n) is 8.69. The van der Waals surface area contributed by atoms with E-state index in [1.165, 1.54) is 0 Å². The average Bonchev–Trinajstić information content (AvgIpc) is 3.20. The van der Waals surface area contributed by atoms with Gasteiger partial charge >= 0.3 is 0 Å². The Morgan fingerprint density at radius 1 is 1.40 bits per heavy atom. The van der Waals surface area contributed by atoms with E-state index < -0.39 is 0 Å². The molecule has 1 aliphatic heterocycles. The number of nitrogens with one attached hydrogen (secondary N) is 1. The van der Waals surface area contributed by atoms with E-state index in [1.54, 1.807) is 17.5 Å². The third-order valence-electron chi connectivity index (χ3n) is 4.35. The summed E-state index contributed by atoms with van der Waals surface area (Å²) in [5.41, 5.74) is 1.61. The number of ether oxygens (including phenoxy) is 2. The normalized spacial score (nSPS) is 16.5. The van der Waals surface area contributed by atoms with Crippen LogP contribution in [0.1, 0.15) is 46.6 Å². The van der Waals surface area contributed by atoms with E-state index in [1.807, 2.05) is 29.6 Å². The van der Waals surface area contributed by atoms with E-state index in [9.17, 15) is 4.79 Å². The molecule has 1 N–H and O–H groups in total. The van der Waals surface area contributed by atoms with Gasteiger partial charge in [0.1, 0.15) is 0 Å². The van der Waals surface area contributed by atoms with Crippen molar-refractivity contribution in [3.05, 3.63) is 52.0 Å². The molecule has 1 atom stereocenters. The van der Waals surface area contributed by atoms with Crippen molar-refractivity contribution in [3.63, 3.8) is 0 Å². The second-order valence-electron chi connectivity index (χ2n) is 6.26. The molecule has 1 fully saturated rings. The van der Waals surface area contributed by atoms with Crippen LogP contribution < -0.4 is 5.32 Å². The highest BCUT2D eigenvalue weighted by Crippen LogP contribution is 2.18. The molecule has 0 aliphatic carbocycles. The van der Waals surface area contributed by atoms with E-state index in [2.05, 4.69) is 17.2 Å². The standard InChI is InChI=1S/C19H24N2O3S/c1-14(19-20-8-11-25-19)12-21-18(22)17-5-3-2-4-15(17)13-24-16-6-9-23-10-7-16/h2-5,8,11,14,16H,6-7,9-10,12-13H2,1H3,(H,21,22). The summed E-state index contributed by atoms with van der Waals surface area (Å²) in [4.78, 5) is 16.9. The minimum Gasteiger partial charge on any atom is -0.381 e. The lowest BCUT2D eigenvalue weighted by Crippen LogP contribution is -2.29. The fourth-order valence-electron chi connectivity index (χ4n) is 2.82. The van der Waals surface area contributed by atoms with E-state index in [0.29, 0.717) is 18.7 Å². The molecule has 0 saturated carbocycles. The number of amides is 1. The van der Waals surface area contributed by atoms with Gasteiger partial charge in [-0.25, -0.2) is 4.98 Å². The zero-order chi connectivity index (χ0) is 17.5. The maximum absolute atomic E-state index is 12.6. The van der Waals surface area contributed by atoms with Gasteiger partial charge < -0.3 is 14.8 Å². The molecule has 1 saturated heterocycles. The molecule has 2 heterocycles. The van der Waals surface area contributed by atoms with Crippen LogP contribution in [-0.2, 0) is 16.1 Å². The lowest BCUT2D eigenvalue weighted by Gasteiger charge is -2.23. The highest BCUT2D eigenvalue weighted by Gasteiger charge is 2.17. The van der Waals surface area contributed by atoms with Crippen molar-refractivity contribution in [2.75, 3.05) is 19.8 Å². The van der Waals surface area contributed by atoms with Crippen molar-refractivity contribution in [1.29, 1.82) is 0 Å². The molecular formula is C19H24N2O3S. The van der Waals surface area contributed by atoms with Crippen LogP contribution in [0.25, 0.3) is 0 Å². The smallest absolute Gasteiger partial charge is 0.251 e. The Bertz CT molecular complexity index is 669. The van der Waals surface area contributed by atoms with E-state index in [-0.39, 0.29) is 17.9 Å². The van der Waals surface area contributed by atoms with Gasteiger partial charge in [0.25, 0.3) is 5.91 Å². The predicted octanol–water partition coefficient (Wildman–Crippen LogP) is 3.37. The summed E-state index contributed by atoms with van der Waals surface area (Å²) in [6.07, 6.45) is 3.84. The molecule has 1 unspecified atom stereocenters. The van der Waals surface area contributed by atoms with E-state index >= 15 is 0 Å². The lowest BCUT2D eigenvalue weighted by molar-refractivity contribution is -0.0392. The van der Waals surface area contributed by atoms with E-state index in [4.69, 9.17) is 9.47 Å². The largest absolute Gasteiger partial charge is 0.381 e. The molecule has 2 aromatic rings. The SMILES string of the molecule is CC(CNC(=O)c1ccccc1COC1CCOCC1)c1nccs1. The Morgan fingerprint density at radius 2 is 2.20 bits per heavy atom. The summed E-state index contributed by atoms with van der Waals surface area (Å²) >= 11 is 1.61. The van der Waals surface area contributed by atoms with Gasteiger partial charge in [0.15, 0.2) is 0 Å². The van der Waals surface area contributed by atoms with Gasteiger partial charge in [0.05, 0.1) is 17.7 Å². The number of rotatable bonds is 7. The molecule has 25 heavy (non-hydrogen) atoms. The van der Waals surface area contributed by atoms with Crippen LogP contribution >= 0.6 is 11.3 Å². The first-order chi connectivity index (χ1) is 12.2. The third-order valence-corrected chi connectivity index (χ3v) is 5.35. The van der Waals surface area contributed by atoms with Crippen LogP contribution in [0.3, 0.4) is 0 Å². The van der Waals surface area contributed by atoms with Crippen LogP contribution in [-0.4, -0.2) is 36.8 Å². The van der Waals surface area contributed by atoms with Gasteiger partial charge in [0.2, 0.25) is 0 Å². The average molecular weight is 360 g/mol. The Balaban J connectivity index is 1.56. The van der Waals surface area contributed by atoms with Gasteiger partial charge in [-0.15, -0.1) is 11.3 Å². The highest BCUT2D eigenvalue weighted by atomic mass is 32.1. The van der Waals surface area contributed by atoms with Gasteiger partial charge in [-0.1, -0.05) is 25.1 Å². The quantitative estimate of drug-likeness (QED) is 0.822. The van der Waals surface area contributed by atoms with Crippen molar-refractivity contribution in [2.45, 2.75) is 38.4 Å². The fraction of sp³-hybridized carbons (Fsp3) is 0.474. The summed E-state index contributed by atoms with van der Waals surface area (Å²) < 4.78 is 11.3. The number of nitrogens with zero attached hydrogens (tertiary/aromatic N) is 1. The number of hydrogen-bond donors (Lipinski definition) is 1. The Morgan fingerprint density at radius 3 is 2.96 bits per heavy atom. The van der Waals surface area contributed by atoms with Crippen molar-refractivity contribution in [3.8, 4) is 0 Å². The van der Waals surface area contributed by atoms with Crippen LogP contribution in [0.2, 0.25) is 0 Å². The summed E-state index contributed by atoms with van der Waals surface area (Å²) in [5, 5.41) is 6.01. The van der Waals surface area contributed by atoms with Crippen LogP contribution in [0, 0.1) is 0 Å². The zero-order valence-electron chi connectivity index (χ0n) is 14.4. The Hall–Kier alpha value is -1.76. The fourth-order valence-corrected chi connectivity index (χ4v) is 3.52. The summed E-state index contributed by atoms with van der Waals surface area (Å²) in [6.45, 7) is 4.60. The number of aromatic nitrogens is 1. The van der Waals surface area contributed by atoms with Gasteiger partial charge in [0, 0.05) is 42.8 Å². The minimum absolute atomic E-state index is 0.0606. The molecule has 134 valence electrons. The van der Waals surface area contributed by atoms with Crippen molar-refractivity contribution in [2.24, 2.45) is 0 Å². The second-order valence-corrected chi connectivity index (χ2v) is 7.19. The topological polar surface area (TPSA) is 60.5 Å². The van der Waals surface area contributed by atoms with Crippen LogP contribution in [0.5, 0.6) is 0 Å². The van der Waals surface area contributed by atoms with Crippen molar-refractivity contribution >= 4 is 17.2 Å². The lowest BCUT2D eigenvalue weighted by atomic mass is 10.1. The zero-order valence-corrected chi connectivity index (χ0v) is 15.3. The third kappa shape index (κ3) is 5.11. The molecule has 1 aliphatic rings. The molecule has 3 rings (SSSR count). The summed E-state index contributed by atoms with van der Waals surface area (Å²) in [7, 11) is 0. The molecule has 0 spiro atoms. The number of benzene rings is 1. The molecule has 1 aromatic carbocycles. The van der Waals surface area contributed by atoms with Gasteiger partial charge in [-0.05, 0) is 24.5 Å². The number of carbonyl (C=O) groups excluding carboxylic acids is 1. The molecule has 0 radical (unpaired) electrons. The maximum Gasteiger partial charge on any atom is 0.251 e. The molecule has 1 aromatic heterocycles. The molecule has 6 heteroatoms. The first-order valence-corrected chi connectivity index (χ1v) is 9.57. The van der Waals surface area contributed by atoms with Crippen molar-refractivity contribution in [1.82, 2.24) is 10.3 Å². The number of hydrogen-bond acceptors (Lipinski definition) is 5. The number of carbonyl (C=O) groups is 1. The first kappa shape index (κ1) is 18.0. The number of thiazole rings is 1. The predicted molar refractivity (Wildman–Crippen MR) is 97.9 cm³/mol. The van der Waals surface area contributed by atoms with Crippen molar-refractivity contribution < 1.29 is 14.3 Å². The Labute approximate surface area is 152 Å². The van der Waals surface area contributed by atoms with Crippen LogP contribution in [0.15, 0.2) is 35.8 Å². The minimum atomic E-state index is -0.0606. The monoisotopic (exact) mass is 360 g/mol. The molecule has 5 nitrogen and oxygen atoms in total. The summed E-state index contributed by atoms with van der Waals surface area (Å²) in [5.74, 6) is 0.143. The molecule has 1 amide bonds. The van der Waals surface area contributed by atoms with E-state index in [0.717, 1.165) is 36.6 Å². The van der Waals surface area contributed by atoms with Gasteiger partial charge in [-0.2, -0.15) is 0 Å². The summed E-state index contributed by atoms with van der Waals surface area (Å²) in [6, 6.07) is 7.64. The second kappa shape index (κ2) is 9.08. The molecular weight excluding hydrogens is 336 g/mol. The highest BCUT2D eigenvalue weighted by molar-refractivity contribution is 7.09.